The zero-order chi connectivity index (χ0) is 16.1. The molecular formula is C17H17NO4. The lowest BCUT2D eigenvalue weighted by Crippen LogP contribution is -2.41. The summed E-state index contributed by atoms with van der Waals surface area (Å²) in [6, 6.07) is 11.6. The molecule has 0 aromatic heterocycles. The van der Waals surface area contributed by atoms with Crippen LogP contribution in [0.3, 0.4) is 0 Å². The highest BCUT2D eigenvalue weighted by Gasteiger charge is 2.21. The quantitative estimate of drug-likeness (QED) is 0.858. The van der Waals surface area contributed by atoms with Crippen molar-refractivity contribution in [2.24, 2.45) is 0 Å². The fourth-order valence-corrected chi connectivity index (χ4v) is 2.26. The number of carbonyl (C=O) groups excluding carboxylic acids is 2. The van der Waals surface area contributed by atoms with Crippen molar-refractivity contribution in [2.75, 3.05) is 0 Å². The van der Waals surface area contributed by atoms with Crippen molar-refractivity contribution in [3.05, 3.63) is 48.0 Å². The number of benzene rings is 2. The van der Waals surface area contributed by atoms with E-state index in [1.165, 1.54) is 6.92 Å². The van der Waals surface area contributed by atoms with Crippen molar-refractivity contribution in [2.45, 2.75) is 25.8 Å². The highest BCUT2D eigenvalue weighted by molar-refractivity contribution is 6.07. The molecule has 0 aliphatic rings. The molecule has 0 radical (unpaired) electrons. The average Bonchev–Trinajstić information content (AvgIpc) is 2.50. The minimum atomic E-state index is -1.14. The first-order valence-corrected chi connectivity index (χ1v) is 7.00. The summed E-state index contributed by atoms with van der Waals surface area (Å²) in [5, 5.41) is 13.3. The van der Waals surface area contributed by atoms with Gasteiger partial charge in [-0.2, -0.15) is 0 Å². The van der Waals surface area contributed by atoms with Crippen molar-refractivity contribution < 1.29 is 19.5 Å². The molecule has 0 aliphatic heterocycles. The zero-order valence-corrected chi connectivity index (χ0v) is 12.2. The lowest BCUT2D eigenvalue weighted by Gasteiger charge is -2.14. The lowest BCUT2D eigenvalue weighted by molar-refractivity contribution is -0.139. The third-order valence-electron chi connectivity index (χ3n) is 3.42. The Labute approximate surface area is 127 Å². The van der Waals surface area contributed by atoms with Crippen LogP contribution in [-0.4, -0.2) is 28.8 Å². The van der Waals surface area contributed by atoms with Crippen LogP contribution in [0, 0.1) is 0 Å². The van der Waals surface area contributed by atoms with Gasteiger partial charge in [-0.15, -0.1) is 0 Å². The molecular weight excluding hydrogens is 282 g/mol. The Balaban J connectivity index is 2.22. The molecule has 2 rings (SSSR count). The van der Waals surface area contributed by atoms with Crippen molar-refractivity contribution in [1.82, 2.24) is 5.32 Å². The minimum Gasteiger partial charge on any atom is -0.480 e. The Kier molecular flexibility index (Phi) is 4.88. The van der Waals surface area contributed by atoms with Crippen molar-refractivity contribution >= 4 is 28.4 Å². The van der Waals surface area contributed by atoms with Gasteiger partial charge >= 0.3 is 5.97 Å². The van der Waals surface area contributed by atoms with Crippen LogP contribution in [-0.2, 0) is 9.59 Å². The number of carboxylic acids is 1. The smallest absolute Gasteiger partial charge is 0.326 e. The second kappa shape index (κ2) is 6.85. The highest BCUT2D eigenvalue weighted by Crippen LogP contribution is 2.18. The number of rotatable bonds is 6. The van der Waals surface area contributed by atoms with Gasteiger partial charge in [-0.05, 0) is 30.2 Å². The van der Waals surface area contributed by atoms with Crippen LogP contribution in [0.4, 0.5) is 0 Å². The number of ketones is 1. The molecule has 1 amide bonds. The molecule has 0 heterocycles. The molecule has 2 aromatic rings. The number of aliphatic carboxylic acids is 1. The van der Waals surface area contributed by atoms with Crippen molar-refractivity contribution in [1.29, 1.82) is 0 Å². The fraction of sp³-hybridized carbons (Fsp3) is 0.235. The average molecular weight is 299 g/mol. The van der Waals surface area contributed by atoms with Crippen molar-refractivity contribution in [3.8, 4) is 0 Å². The first kappa shape index (κ1) is 15.7. The molecule has 0 spiro atoms. The molecule has 0 fully saturated rings. The third-order valence-corrected chi connectivity index (χ3v) is 3.42. The number of carbonyl (C=O) groups is 3. The maximum Gasteiger partial charge on any atom is 0.326 e. The summed E-state index contributed by atoms with van der Waals surface area (Å²) in [4.78, 5) is 34.6. The molecule has 0 aliphatic carbocycles. The Hall–Kier alpha value is -2.69. The lowest BCUT2D eigenvalue weighted by atomic mass is 10.0. The standard InChI is InChI=1S/C17H17NO4/c1-11(19)9-10-15(17(21)22)18-16(20)14-8-4-6-12-5-2-3-7-13(12)14/h2-8,15H,9-10H2,1H3,(H,18,20)(H,21,22)/t15-/m1/s1. The molecule has 5 nitrogen and oxygen atoms in total. The number of nitrogens with one attached hydrogen (secondary N) is 1. The van der Waals surface area contributed by atoms with E-state index < -0.39 is 17.9 Å². The van der Waals surface area contributed by atoms with Gasteiger partial charge < -0.3 is 15.2 Å². The van der Waals surface area contributed by atoms with E-state index in [9.17, 15) is 14.4 Å². The number of fused-ring (bicyclic) bond motifs is 1. The topological polar surface area (TPSA) is 83.5 Å². The Morgan fingerprint density at radius 1 is 1.09 bits per heavy atom. The number of carboxylic acid groups (broad SMARTS) is 1. The predicted octanol–water partition coefficient (Wildman–Crippen LogP) is 2.39. The van der Waals surface area contributed by atoms with Crippen LogP contribution in [0.5, 0.6) is 0 Å². The normalized spacial score (nSPS) is 11.9. The van der Waals surface area contributed by atoms with Gasteiger partial charge in [-0.25, -0.2) is 4.79 Å². The number of hydrogen-bond donors (Lipinski definition) is 2. The molecule has 1 atom stereocenters. The maximum atomic E-state index is 12.4. The van der Waals surface area contributed by atoms with Gasteiger partial charge in [0.25, 0.3) is 5.91 Å². The Morgan fingerprint density at radius 3 is 2.45 bits per heavy atom. The second-order valence-electron chi connectivity index (χ2n) is 5.13. The molecule has 0 saturated carbocycles. The van der Waals surface area contributed by atoms with Crippen LogP contribution in [0.2, 0.25) is 0 Å². The van der Waals surface area contributed by atoms with Gasteiger partial charge in [-0.1, -0.05) is 36.4 Å². The summed E-state index contributed by atoms with van der Waals surface area (Å²) >= 11 is 0. The number of Topliss-reactive ketones (excluding diaryl/α,β-unsaturated/α-hetero) is 1. The van der Waals surface area contributed by atoms with Crippen LogP contribution in [0.15, 0.2) is 42.5 Å². The van der Waals surface area contributed by atoms with Crippen LogP contribution in [0.1, 0.15) is 30.1 Å². The van der Waals surface area contributed by atoms with E-state index in [4.69, 9.17) is 5.11 Å². The molecule has 0 unspecified atom stereocenters. The molecule has 22 heavy (non-hydrogen) atoms. The summed E-state index contributed by atoms with van der Waals surface area (Å²) in [5.41, 5.74) is 0.423. The summed E-state index contributed by atoms with van der Waals surface area (Å²) in [6.45, 7) is 1.39. The van der Waals surface area contributed by atoms with Gasteiger partial charge in [-0.3, -0.25) is 4.79 Å². The SMILES string of the molecule is CC(=O)CC[C@@H](NC(=O)c1cccc2ccccc12)C(=O)O. The van der Waals surface area contributed by atoms with Gasteiger partial charge in [0.05, 0.1) is 0 Å². The monoisotopic (exact) mass is 299 g/mol. The summed E-state index contributed by atoms with van der Waals surface area (Å²) in [5.74, 6) is -1.70. The van der Waals surface area contributed by atoms with E-state index in [2.05, 4.69) is 5.32 Å². The van der Waals surface area contributed by atoms with Gasteiger partial charge in [0, 0.05) is 12.0 Å². The van der Waals surface area contributed by atoms with Gasteiger partial charge in [0.15, 0.2) is 0 Å². The first-order chi connectivity index (χ1) is 10.5. The summed E-state index contributed by atoms with van der Waals surface area (Å²) < 4.78 is 0. The highest BCUT2D eigenvalue weighted by atomic mass is 16.4. The maximum absolute atomic E-state index is 12.4. The van der Waals surface area contributed by atoms with Crippen molar-refractivity contribution in [3.63, 3.8) is 0 Å². The van der Waals surface area contributed by atoms with E-state index >= 15 is 0 Å². The van der Waals surface area contributed by atoms with Gasteiger partial charge in [0.1, 0.15) is 11.8 Å². The molecule has 5 heteroatoms. The van der Waals surface area contributed by atoms with Gasteiger partial charge in [0.2, 0.25) is 0 Å². The van der Waals surface area contributed by atoms with Crippen LogP contribution < -0.4 is 5.32 Å². The molecule has 114 valence electrons. The van der Waals surface area contributed by atoms with E-state index in [-0.39, 0.29) is 18.6 Å². The largest absolute Gasteiger partial charge is 0.480 e. The summed E-state index contributed by atoms with van der Waals surface area (Å²) in [7, 11) is 0. The second-order valence-corrected chi connectivity index (χ2v) is 5.13. The van der Waals surface area contributed by atoms with E-state index in [0.717, 1.165) is 10.8 Å². The van der Waals surface area contributed by atoms with E-state index in [0.29, 0.717) is 5.56 Å². The molecule has 2 aromatic carbocycles. The Bertz CT molecular complexity index is 718. The fourth-order valence-electron chi connectivity index (χ4n) is 2.26. The third kappa shape index (κ3) is 3.69. The van der Waals surface area contributed by atoms with E-state index in [1.54, 1.807) is 12.1 Å². The first-order valence-electron chi connectivity index (χ1n) is 7.00. The van der Waals surface area contributed by atoms with Crippen LogP contribution in [0.25, 0.3) is 10.8 Å². The predicted molar refractivity (Wildman–Crippen MR) is 82.8 cm³/mol. The summed E-state index contributed by atoms with van der Waals surface area (Å²) in [6.07, 6.45) is 0.202. The van der Waals surface area contributed by atoms with Crippen LogP contribution >= 0.6 is 0 Å². The number of amides is 1. The zero-order valence-electron chi connectivity index (χ0n) is 12.2. The minimum absolute atomic E-state index is 0.0845. The molecule has 0 saturated heterocycles. The molecule has 2 N–H and O–H groups in total. The number of hydrogen-bond acceptors (Lipinski definition) is 3. The van der Waals surface area contributed by atoms with E-state index in [1.807, 2.05) is 30.3 Å². The Morgan fingerprint density at radius 2 is 1.77 bits per heavy atom. The molecule has 0 bridgehead atoms.